The molecule has 0 spiro atoms. The second kappa shape index (κ2) is 4.39. The highest BCUT2D eigenvalue weighted by atomic mass is 16.5. The Morgan fingerprint density at radius 2 is 2.06 bits per heavy atom. The molecule has 0 fully saturated rings. The second-order valence-corrected chi connectivity index (χ2v) is 3.67. The summed E-state index contributed by atoms with van der Waals surface area (Å²) in [6.07, 6.45) is 0.896. The lowest BCUT2D eigenvalue weighted by atomic mass is 10.1. The van der Waals surface area contributed by atoms with Gasteiger partial charge in [0.1, 0.15) is 5.75 Å². The Bertz CT molecular complexity index is 509. The Morgan fingerprint density at radius 3 is 2.75 bits per heavy atom. The van der Waals surface area contributed by atoms with Crippen LogP contribution in [0.4, 0.5) is 5.69 Å². The van der Waals surface area contributed by atoms with E-state index in [4.69, 9.17) is 10.5 Å². The van der Waals surface area contributed by atoms with Gasteiger partial charge >= 0.3 is 0 Å². The lowest BCUT2D eigenvalue weighted by Gasteiger charge is -2.07. The van der Waals surface area contributed by atoms with Gasteiger partial charge in [-0.2, -0.15) is 0 Å². The van der Waals surface area contributed by atoms with E-state index in [0.29, 0.717) is 6.61 Å². The minimum atomic E-state index is 0.659. The van der Waals surface area contributed by atoms with E-state index in [2.05, 4.69) is 11.9 Å². The average Bonchev–Trinajstić information content (AvgIpc) is 2.30. The fourth-order valence-electron chi connectivity index (χ4n) is 1.73. The number of anilines is 1. The number of fused-ring (bicyclic) bond motifs is 1. The van der Waals surface area contributed by atoms with Crippen LogP contribution in [0.3, 0.4) is 0 Å². The van der Waals surface area contributed by atoms with Gasteiger partial charge in [-0.05, 0) is 37.6 Å². The van der Waals surface area contributed by atoms with Crippen molar-refractivity contribution < 1.29 is 4.74 Å². The van der Waals surface area contributed by atoms with E-state index in [1.807, 2.05) is 31.2 Å². The van der Waals surface area contributed by atoms with Gasteiger partial charge in [0.25, 0.3) is 0 Å². The highest BCUT2D eigenvalue weighted by molar-refractivity contribution is 5.91. The molecule has 1 heterocycles. The standard InChI is InChI=1S/C13H16N2O/c1-3-9-7-12(14)11-8-10(16-4-2)5-6-13(11)15-9/h5-8H,3-4H2,1-2H3,(H2,14,15). The average molecular weight is 216 g/mol. The quantitative estimate of drug-likeness (QED) is 0.858. The summed E-state index contributed by atoms with van der Waals surface area (Å²) in [5.74, 6) is 0.841. The first-order chi connectivity index (χ1) is 7.74. The monoisotopic (exact) mass is 216 g/mol. The van der Waals surface area contributed by atoms with Crippen molar-refractivity contribution in [3.05, 3.63) is 30.0 Å². The molecule has 16 heavy (non-hydrogen) atoms. The normalized spacial score (nSPS) is 10.6. The van der Waals surface area contributed by atoms with Gasteiger partial charge in [0, 0.05) is 16.8 Å². The number of hydrogen-bond acceptors (Lipinski definition) is 3. The fourth-order valence-corrected chi connectivity index (χ4v) is 1.73. The largest absolute Gasteiger partial charge is 0.494 e. The molecule has 3 nitrogen and oxygen atoms in total. The summed E-state index contributed by atoms with van der Waals surface area (Å²) in [5.41, 5.74) is 8.72. The van der Waals surface area contributed by atoms with Crippen molar-refractivity contribution in [1.29, 1.82) is 0 Å². The first-order valence-corrected chi connectivity index (χ1v) is 5.56. The Hall–Kier alpha value is -1.77. The zero-order valence-corrected chi connectivity index (χ0v) is 9.66. The topological polar surface area (TPSA) is 48.1 Å². The summed E-state index contributed by atoms with van der Waals surface area (Å²) in [5, 5.41) is 0.961. The molecule has 3 heteroatoms. The second-order valence-electron chi connectivity index (χ2n) is 3.67. The highest BCUT2D eigenvalue weighted by Crippen LogP contribution is 2.25. The Labute approximate surface area is 95.2 Å². The van der Waals surface area contributed by atoms with E-state index in [-0.39, 0.29) is 0 Å². The molecule has 2 N–H and O–H groups in total. The van der Waals surface area contributed by atoms with E-state index in [1.165, 1.54) is 0 Å². The molecule has 0 atom stereocenters. The molecule has 84 valence electrons. The molecule has 1 aromatic heterocycles. The van der Waals surface area contributed by atoms with Crippen LogP contribution >= 0.6 is 0 Å². The minimum Gasteiger partial charge on any atom is -0.494 e. The summed E-state index contributed by atoms with van der Waals surface area (Å²) >= 11 is 0. The van der Waals surface area contributed by atoms with E-state index in [0.717, 1.165) is 34.5 Å². The maximum atomic E-state index is 6.00. The lowest BCUT2D eigenvalue weighted by Crippen LogP contribution is -1.96. The first-order valence-electron chi connectivity index (χ1n) is 5.56. The number of aromatic nitrogens is 1. The van der Waals surface area contributed by atoms with Crippen LogP contribution in [0, 0.1) is 0 Å². The number of nitrogen functional groups attached to an aromatic ring is 1. The van der Waals surface area contributed by atoms with E-state index in [1.54, 1.807) is 0 Å². The van der Waals surface area contributed by atoms with Crippen LogP contribution in [-0.4, -0.2) is 11.6 Å². The molecule has 0 radical (unpaired) electrons. The number of hydrogen-bond donors (Lipinski definition) is 1. The predicted octanol–water partition coefficient (Wildman–Crippen LogP) is 2.78. The van der Waals surface area contributed by atoms with Gasteiger partial charge in [-0.25, -0.2) is 0 Å². The summed E-state index contributed by atoms with van der Waals surface area (Å²) < 4.78 is 5.44. The molecule has 0 bridgehead atoms. The van der Waals surface area contributed by atoms with Crippen molar-refractivity contribution in [1.82, 2.24) is 4.98 Å². The number of benzene rings is 1. The van der Waals surface area contributed by atoms with Crippen molar-refractivity contribution in [3.8, 4) is 5.75 Å². The fraction of sp³-hybridized carbons (Fsp3) is 0.308. The number of ether oxygens (including phenoxy) is 1. The van der Waals surface area contributed by atoms with Crippen LogP contribution < -0.4 is 10.5 Å². The Kier molecular flexibility index (Phi) is 2.95. The van der Waals surface area contributed by atoms with Gasteiger partial charge in [0.2, 0.25) is 0 Å². The maximum absolute atomic E-state index is 6.00. The van der Waals surface area contributed by atoms with Gasteiger partial charge in [-0.15, -0.1) is 0 Å². The Balaban J connectivity index is 2.56. The van der Waals surface area contributed by atoms with Crippen molar-refractivity contribution in [3.63, 3.8) is 0 Å². The summed E-state index contributed by atoms with van der Waals surface area (Å²) in [6.45, 7) is 4.69. The SMILES string of the molecule is CCOc1ccc2nc(CC)cc(N)c2c1. The third kappa shape index (κ3) is 1.94. The molecule has 2 aromatic rings. The molecule has 0 aliphatic rings. The molecular formula is C13H16N2O. The molecule has 0 saturated carbocycles. The minimum absolute atomic E-state index is 0.659. The zero-order valence-electron chi connectivity index (χ0n) is 9.66. The van der Waals surface area contributed by atoms with Gasteiger partial charge in [-0.3, -0.25) is 4.98 Å². The summed E-state index contributed by atoms with van der Waals surface area (Å²) in [4.78, 5) is 4.52. The van der Waals surface area contributed by atoms with Gasteiger partial charge in [-0.1, -0.05) is 6.92 Å². The molecule has 2 rings (SSSR count). The van der Waals surface area contributed by atoms with Crippen LogP contribution in [0.25, 0.3) is 10.9 Å². The molecule has 0 unspecified atom stereocenters. The number of pyridine rings is 1. The number of nitrogens with two attached hydrogens (primary N) is 1. The molecule has 0 aliphatic carbocycles. The first kappa shape index (κ1) is 10.7. The van der Waals surface area contributed by atoms with Crippen LogP contribution in [0.2, 0.25) is 0 Å². The highest BCUT2D eigenvalue weighted by Gasteiger charge is 2.04. The molecule has 0 aliphatic heterocycles. The molecule has 1 aromatic carbocycles. The van der Waals surface area contributed by atoms with Crippen molar-refractivity contribution in [2.75, 3.05) is 12.3 Å². The number of aryl methyl sites for hydroxylation is 1. The van der Waals surface area contributed by atoms with Crippen LogP contribution in [-0.2, 0) is 6.42 Å². The number of rotatable bonds is 3. The third-order valence-electron chi connectivity index (χ3n) is 2.54. The van der Waals surface area contributed by atoms with E-state index < -0.39 is 0 Å². The van der Waals surface area contributed by atoms with Gasteiger partial charge in [0.05, 0.1) is 12.1 Å². The van der Waals surface area contributed by atoms with Crippen LogP contribution in [0.15, 0.2) is 24.3 Å². The summed E-state index contributed by atoms with van der Waals surface area (Å²) in [7, 11) is 0. The Morgan fingerprint density at radius 1 is 1.25 bits per heavy atom. The third-order valence-corrected chi connectivity index (χ3v) is 2.54. The molecule has 0 amide bonds. The smallest absolute Gasteiger partial charge is 0.120 e. The number of nitrogens with zero attached hydrogens (tertiary/aromatic N) is 1. The van der Waals surface area contributed by atoms with Crippen LogP contribution in [0.1, 0.15) is 19.5 Å². The van der Waals surface area contributed by atoms with Gasteiger partial charge in [0.15, 0.2) is 0 Å². The maximum Gasteiger partial charge on any atom is 0.120 e. The lowest BCUT2D eigenvalue weighted by molar-refractivity contribution is 0.340. The van der Waals surface area contributed by atoms with E-state index >= 15 is 0 Å². The predicted molar refractivity (Wildman–Crippen MR) is 66.7 cm³/mol. The summed E-state index contributed by atoms with van der Waals surface area (Å²) in [6, 6.07) is 7.76. The van der Waals surface area contributed by atoms with Crippen molar-refractivity contribution >= 4 is 16.6 Å². The van der Waals surface area contributed by atoms with Crippen LogP contribution in [0.5, 0.6) is 5.75 Å². The van der Waals surface area contributed by atoms with Gasteiger partial charge < -0.3 is 10.5 Å². The molecule has 0 saturated heterocycles. The van der Waals surface area contributed by atoms with E-state index in [9.17, 15) is 0 Å². The van der Waals surface area contributed by atoms with Crippen molar-refractivity contribution in [2.45, 2.75) is 20.3 Å². The molecular weight excluding hydrogens is 200 g/mol. The zero-order chi connectivity index (χ0) is 11.5. The van der Waals surface area contributed by atoms with Crippen molar-refractivity contribution in [2.24, 2.45) is 0 Å².